The third-order valence-electron chi connectivity index (χ3n) is 5.63. The van der Waals surface area contributed by atoms with Crippen LogP contribution in [0.2, 0.25) is 0 Å². The highest BCUT2D eigenvalue weighted by molar-refractivity contribution is 5.70. The number of benzene rings is 3. The first kappa shape index (κ1) is 23.5. The lowest BCUT2D eigenvalue weighted by molar-refractivity contribution is -0.142. The van der Waals surface area contributed by atoms with E-state index in [0.29, 0.717) is 12.6 Å². The minimum Gasteiger partial charge on any atom is -0.469 e. The SMILES string of the molecule is COC(=O)C[C@@H](Cc1cc(F)c(F)cc1F)N(Cc1ccccc1)C(C)c1ccccc1. The van der Waals surface area contributed by atoms with Crippen molar-refractivity contribution >= 4 is 5.97 Å². The summed E-state index contributed by atoms with van der Waals surface area (Å²) in [6.07, 6.45) is -0.0128. The van der Waals surface area contributed by atoms with Gasteiger partial charge in [-0.2, -0.15) is 0 Å². The highest BCUT2D eigenvalue weighted by Crippen LogP contribution is 2.29. The molecule has 0 spiro atoms. The van der Waals surface area contributed by atoms with E-state index in [1.54, 1.807) is 0 Å². The number of carbonyl (C=O) groups excluding carboxylic acids is 1. The van der Waals surface area contributed by atoms with Crippen molar-refractivity contribution in [2.24, 2.45) is 0 Å². The molecular weight excluding hydrogens is 415 g/mol. The van der Waals surface area contributed by atoms with E-state index in [0.717, 1.165) is 17.2 Å². The number of methoxy groups -OCH3 is 1. The largest absolute Gasteiger partial charge is 0.469 e. The van der Waals surface area contributed by atoms with Crippen molar-refractivity contribution in [1.82, 2.24) is 4.90 Å². The van der Waals surface area contributed by atoms with E-state index in [9.17, 15) is 18.0 Å². The molecule has 6 heteroatoms. The Morgan fingerprint density at radius 1 is 0.906 bits per heavy atom. The summed E-state index contributed by atoms with van der Waals surface area (Å²) in [4.78, 5) is 14.3. The Balaban J connectivity index is 2.01. The maximum atomic E-state index is 14.5. The van der Waals surface area contributed by atoms with Crippen LogP contribution in [0.25, 0.3) is 0 Å². The molecule has 0 N–H and O–H groups in total. The van der Waals surface area contributed by atoms with E-state index in [-0.39, 0.29) is 24.4 Å². The third kappa shape index (κ3) is 5.98. The van der Waals surface area contributed by atoms with Gasteiger partial charge in [0.05, 0.1) is 13.5 Å². The molecule has 0 saturated heterocycles. The number of hydrogen-bond acceptors (Lipinski definition) is 3. The fourth-order valence-electron chi connectivity index (χ4n) is 3.86. The fourth-order valence-corrected chi connectivity index (χ4v) is 3.86. The number of rotatable bonds is 9. The maximum absolute atomic E-state index is 14.5. The summed E-state index contributed by atoms with van der Waals surface area (Å²) in [5.41, 5.74) is 2.04. The van der Waals surface area contributed by atoms with Crippen LogP contribution in [-0.4, -0.2) is 24.0 Å². The summed E-state index contributed by atoms with van der Waals surface area (Å²) in [6, 6.07) is 20.2. The van der Waals surface area contributed by atoms with Gasteiger partial charge >= 0.3 is 5.97 Å². The first-order chi connectivity index (χ1) is 15.4. The van der Waals surface area contributed by atoms with Crippen molar-refractivity contribution in [3.05, 3.63) is 107 Å². The molecule has 0 aliphatic carbocycles. The molecule has 0 aliphatic heterocycles. The van der Waals surface area contributed by atoms with Gasteiger partial charge in [0.2, 0.25) is 0 Å². The van der Waals surface area contributed by atoms with Gasteiger partial charge in [-0.05, 0) is 36.1 Å². The van der Waals surface area contributed by atoms with Gasteiger partial charge in [0.15, 0.2) is 11.6 Å². The van der Waals surface area contributed by atoms with E-state index in [4.69, 9.17) is 4.74 Å². The molecule has 0 radical (unpaired) electrons. The van der Waals surface area contributed by atoms with E-state index in [1.165, 1.54) is 7.11 Å². The number of carbonyl (C=O) groups is 1. The second-order valence-electron chi connectivity index (χ2n) is 7.74. The van der Waals surface area contributed by atoms with Crippen LogP contribution in [0.3, 0.4) is 0 Å². The highest BCUT2D eigenvalue weighted by Gasteiger charge is 2.29. The lowest BCUT2D eigenvalue weighted by Crippen LogP contribution is -2.40. The lowest BCUT2D eigenvalue weighted by Gasteiger charge is -2.37. The molecule has 3 aromatic carbocycles. The molecule has 32 heavy (non-hydrogen) atoms. The summed E-state index contributed by atoms with van der Waals surface area (Å²) >= 11 is 0. The van der Waals surface area contributed by atoms with Crippen molar-refractivity contribution in [3.63, 3.8) is 0 Å². The molecule has 3 rings (SSSR count). The van der Waals surface area contributed by atoms with Crippen LogP contribution in [0, 0.1) is 17.5 Å². The Hall–Kier alpha value is -3.12. The average Bonchev–Trinajstić information content (AvgIpc) is 2.81. The van der Waals surface area contributed by atoms with Crippen LogP contribution >= 0.6 is 0 Å². The van der Waals surface area contributed by atoms with Crippen molar-refractivity contribution < 1.29 is 22.7 Å². The summed E-state index contributed by atoms with van der Waals surface area (Å²) in [5, 5.41) is 0. The Morgan fingerprint density at radius 2 is 1.50 bits per heavy atom. The summed E-state index contributed by atoms with van der Waals surface area (Å²) in [6.45, 7) is 2.48. The van der Waals surface area contributed by atoms with Gasteiger partial charge in [0.25, 0.3) is 0 Å². The Labute approximate surface area is 186 Å². The van der Waals surface area contributed by atoms with Gasteiger partial charge in [-0.1, -0.05) is 60.7 Å². The monoisotopic (exact) mass is 441 g/mol. The van der Waals surface area contributed by atoms with Gasteiger partial charge in [-0.3, -0.25) is 9.69 Å². The van der Waals surface area contributed by atoms with Crippen molar-refractivity contribution in [3.8, 4) is 0 Å². The van der Waals surface area contributed by atoms with Gasteiger partial charge in [0.1, 0.15) is 5.82 Å². The molecule has 3 aromatic rings. The van der Waals surface area contributed by atoms with Crippen LogP contribution in [0.4, 0.5) is 13.2 Å². The molecule has 0 saturated carbocycles. The molecule has 0 aliphatic rings. The van der Waals surface area contributed by atoms with Crippen molar-refractivity contribution in [2.45, 2.75) is 38.4 Å². The summed E-state index contributed by atoms with van der Waals surface area (Å²) in [7, 11) is 1.29. The molecule has 0 fully saturated rings. The Morgan fingerprint density at radius 3 is 2.12 bits per heavy atom. The molecule has 3 nitrogen and oxygen atoms in total. The second kappa shape index (κ2) is 11.0. The average molecular weight is 441 g/mol. The predicted molar refractivity (Wildman–Crippen MR) is 117 cm³/mol. The molecule has 168 valence electrons. The molecule has 2 atom stereocenters. The zero-order valence-electron chi connectivity index (χ0n) is 18.1. The van der Waals surface area contributed by atoms with E-state index in [2.05, 4.69) is 4.90 Å². The summed E-state index contributed by atoms with van der Waals surface area (Å²) in [5.74, 6) is -3.67. The van der Waals surface area contributed by atoms with E-state index < -0.39 is 29.5 Å². The minimum atomic E-state index is -1.24. The smallest absolute Gasteiger partial charge is 0.307 e. The molecular formula is C26H26F3NO2. The molecule has 1 unspecified atom stereocenters. The number of hydrogen-bond donors (Lipinski definition) is 0. The Bertz CT molecular complexity index is 1030. The first-order valence-corrected chi connectivity index (χ1v) is 10.4. The van der Waals surface area contributed by atoms with Crippen molar-refractivity contribution in [2.75, 3.05) is 7.11 Å². The third-order valence-corrected chi connectivity index (χ3v) is 5.63. The van der Waals surface area contributed by atoms with E-state index in [1.807, 2.05) is 67.6 Å². The summed E-state index contributed by atoms with van der Waals surface area (Å²) < 4.78 is 46.7. The second-order valence-corrected chi connectivity index (χ2v) is 7.74. The van der Waals surface area contributed by atoms with Crippen LogP contribution < -0.4 is 0 Å². The van der Waals surface area contributed by atoms with Crippen LogP contribution in [0.1, 0.15) is 36.1 Å². The fraction of sp³-hybridized carbons (Fsp3) is 0.269. The standard InChI is InChI=1S/C26H26F3NO2/c1-18(20-11-7-4-8-12-20)30(17-19-9-5-3-6-10-19)22(15-26(31)32-2)13-21-14-24(28)25(29)16-23(21)27/h3-12,14,16,18,22H,13,15,17H2,1-2H3/t18?,22-/m1/s1. The van der Waals surface area contributed by atoms with Gasteiger partial charge in [0, 0.05) is 24.7 Å². The van der Waals surface area contributed by atoms with E-state index >= 15 is 0 Å². The van der Waals surface area contributed by atoms with Crippen LogP contribution in [0.5, 0.6) is 0 Å². The molecule has 0 bridgehead atoms. The zero-order chi connectivity index (χ0) is 23.1. The molecule has 0 heterocycles. The number of halogens is 3. The number of nitrogens with zero attached hydrogens (tertiary/aromatic N) is 1. The first-order valence-electron chi connectivity index (χ1n) is 10.4. The van der Waals surface area contributed by atoms with Gasteiger partial charge in [-0.15, -0.1) is 0 Å². The number of ether oxygens (including phenoxy) is 1. The minimum absolute atomic E-state index is 0.0103. The topological polar surface area (TPSA) is 29.5 Å². The Kier molecular flexibility index (Phi) is 8.06. The van der Waals surface area contributed by atoms with Crippen molar-refractivity contribution in [1.29, 1.82) is 0 Å². The van der Waals surface area contributed by atoms with Crippen LogP contribution in [0.15, 0.2) is 72.8 Å². The van der Waals surface area contributed by atoms with Crippen LogP contribution in [-0.2, 0) is 22.5 Å². The highest BCUT2D eigenvalue weighted by atomic mass is 19.2. The molecule has 0 amide bonds. The lowest BCUT2D eigenvalue weighted by atomic mass is 9.96. The zero-order valence-corrected chi connectivity index (χ0v) is 18.1. The number of esters is 1. The predicted octanol–water partition coefficient (Wildman–Crippen LogP) is 5.84. The van der Waals surface area contributed by atoms with Gasteiger partial charge < -0.3 is 4.74 Å². The quantitative estimate of drug-likeness (QED) is 0.309. The maximum Gasteiger partial charge on any atom is 0.307 e. The van der Waals surface area contributed by atoms with Gasteiger partial charge in [-0.25, -0.2) is 13.2 Å². The normalized spacial score (nSPS) is 13.1. The molecule has 0 aromatic heterocycles.